The molecule has 12 heavy (non-hydrogen) atoms. The van der Waals surface area contributed by atoms with E-state index in [0.717, 1.165) is 0 Å². The van der Waals surface area contributed by atoms with Gasteiger partial charge in [-0.05, 0) is 37.2 Å². The zero-order valence-corrected chi connectivity index (χ0v) is 7.93. The summed E-state index contributed by atoms with van der Waals surface area (Å²) in [4.78, 5) is 0. The van der Waals surface area contributed by atoms with Crippen LogP contribution in [0.4, 0.5) is 0 Å². The molecular weight excluding hydrogens is 144 g/mol. The first kappa shape index (κ1) is 7.85. The summed E-state index contributed by atoms with van der Waals surface area (Å²) in [7, 11) is 0. The third kappa shape index (κ3) is 1.06. The van der Waals surface area contributed by atoms with Gasteiger partial charge in [0.25, 0.3) is 0 Å². The van der Waals surface area contributed by atoms with Crippen LogP contribution in [0.2, 0.25) is 0 Å². The minimum atomic E-state index is 0.452. The lowest BCUT2D eigenvalue weighted by Gasteiger charge is -2.37. The monoisotopic (exact) mass is 160 g/mol. The summed E-state index contributed by atoms with van der Waals surface area (Å²) in [6.07, 6.45) is 12.9. The molecule has 0 nitrogen and oxygen atoms in total. The second kappa shape index (κ2) is 2.62. The number of hydrogen-bond acceptors (Lipinski definition) is 0. The van der Waals surface area contributed by atoms with Crippen LogP contribution in [-0.4, -0.2) is 0 Å². The van der Waals surface area contributed by atoms with Crippen LogP contribution in [0.25, 0.3) is 0 Å². The van der Waals surface area contributed by atoms with Gasteiger partial charge in [0, 0.05) is 0 Å². The lowest BCUT2D eigenvalue weighted by atomic mass is 9.68. The molecule has 0 aromatic heterocycles. The number of rotatable bonds is 0. The van der Waals surface area contributed by atoms with E-state index in [1.54, 1.807) is 5.57 Å². The van der Waals surface area contributed by atoms with Crippen molar-refractivity contribution in [2.45, 2.75) is 33.1 Å². The van der Waals surface area contributed by atoms with Gasteiger partial charge in [0.05, 0.1) is 0 Å². The molecule has 0 amide bonds. The Morgan fingerprint density at radius 3 is 3.00 bits per heavy atom. The first-order valence-corrected chi connectivity index (χ1v) is 4.77. The Kier molecular flexibility index (Phi) is 1.71. The third-order valence-corrected chi connectivity index (χ3v) is 3.19. The van der Waals surface area contributed by atoms with Gasteiger partial charge in [0.15, 0.2) is 0 Å². The Bertz CT molecular complexity index is 278. The minimum absolute atomic E-state index is 0.452. The van der Waals surface area contributed by atoms with Gasteiger partial charge in [0.2, 0.25) is 0 Å². The summed E-state index contributed by atoms with van der Waals surface area (Å²) < 4.78 is 0. The van der Waals surface area contributed by atoms with Crippen molar-refractivity contribution >= 4 is 0 Å². The van der Waals surface area contributed by atoms with Crippen molar-refractivity contribution in [3.8, 4) is 0 Å². The second-order valence-corrected chi connectivity index (χ2v) is 4.20. The van der Waals surface area contributed by atoms with Gasteiger partial charge >= 0.3 is 0 Å². The van der Waals surface area contributed by atoms with Gasteiger partial charge in [-0.1, -0.05) is 36.8 Å². The van der Waals surface area contributed by atoms with E-state index in [4.69, 9.17) is 0 Å². The predicted octanol–water partition coefficient (Wildman–Crippen LogP) is 3.62. The van der Waals surface area contributed by atoms with E-state index in [1.165, 1.54) is 24.8 Å². The van der Waals surface area contributed by atoms with Crippen molar-refractivity contribution in [3.63, 3.8) is 0 Å². The van der Waals surface area contributed by atoms with Crippen LogP contribution in [0.3, 0.4) is 0 Å². The molecule has 0 saturated carbocycles. The Morgan fingerprint density at radius 2 is 2.25 bits per heavy atom. The summed E-state index contributed by atoms with van der Waals surface area (Å²) in [5.74, 6) is 0. The molecular formula is C12H16. The fourth-order valence-electron chi connectivity index (χ4n) is 2.36. The summed E-state index contributed by atoms with van der Waals surface area (Å²) in [6.45, 7) is 4.63. The molecule has 0 aromatic rings. The first-order valence-electron chi connectivity index (χ1n) is 4.77. The topological polar surface area (TPSA) is 0 Å². The van der Waals surface area contributed by atoms with Crippen molar-refractivity contribution in [2.75, 3.05) is 0 Å². The van der Waals surface area contributed by atoms with E-state index in [1.807, 2.05) is 0 Å². The SMILES string of the molecule is CC1=CCCC2(C)CC=CC=C12. The van der Waals surface area contributed by atoms with E-state index >= 15 is 0 Å². The predicted molar refractivity (Wildman–Crippen MR) is 52.9 cm³/mol. The van der Waals surface area contributed by atoms with Crippen molar-refractivity contribution in [3.05, 3.63) is 35.5 Å². The molecule has 0 bridgehead atoms. The summed E-state index contributed by atoms with van der Waals surface area (Å²) >= 11 is 0. The van der Waals surface area contributed by atoms with E-state index in [9.17, 15) is 0 Å². The normalized spacial score (nSPS) is 33.8. The highest BCUT2D eigenvalue weighted by Gasteiger charge is 2.31. The highest BCUT2D eigenvalue weighted by molar-refractivity contribution is 5.42. The van der Waals surface area contributed by atoms with Gasteiger partial charge in [0.1, 0.15) is 0 Å². The average Bonchev–Trinajstić information content (AvgIpc) is 2.04. The van der Waals surface area contributed by atoms with Gasteiger partial charge < -0.3 is 0 Å². The smallest absolute Gasteiger partial charge is 0.00353 e. The van der Waals surface area contributed by atoms with Crippen LogP contribution in [0, 0.1) is 5.41 Å². The third-order valence-electron chi connectivity index (χ3n) is 3.19. The molecule has 64 valence electrons. The molecule has 0 spiro atoms. The van der Waals surface area contributed by atoms with Gasteiger partial charge in [-0.2, -0.15) is 0 Å². The van der Waals surface area contributed by atoms with E-state index in [2.05, 4.69) is 38.2 Å². The average molecular weight is 160 g/mol. The highest BCUT2D eigenvalue weighted by Crippen LogP contribution is 2.45. The van der Waals surface area contributed by atoms with Crippen molar-refractivity contribution in [2.24, 2.45) is 5.41 Å². The number of hydrogen-bond donors (Lipinski definition) is 0. The largest absolute Gasteiger partial charge is 0.0837 e. The highest BCUT2D eigenvalue weighted by atomic mass is 14.4. The van der Waals surface area contributed by atoms with Crippen LogP contribution < -0.4 is 0 Å². The fraction of sp³-hybridized carbons (Fsp3) is 0.500. The van der Waals surface area contributed by atoms with Crippen molar-refractivity contribution < 1.29 is 0 Å². The molecule has 2 aliphatic carbocycles. The number of allylic oxidation sites excluding steroid dienone is 6. The van der Waals surface area contributed by atoms with E-state index < -0.39 is 0 Å². The Balaban J connectivity index is 2.44. The molecule has 0 aliphatic heterocycles. The molecule has 1 atom stereocenters. The molecule has 1 unspecified atom stereocenters. The summed E-state index contributed by atoms with van der Waals surface area (Å²) in [5.41, 5.74) is 3.51. The maximum atomic E-state index is 2.39. The molecule has 0 heterocycles. The van der Waals surface area contributed by atoms with Crippen LogP contribution >= 0.6 is 0 Å². The van der Waals surface area contributed by atoms with E-state index in [0.29, 0.717) is 5.41 Å². The molecule has 0 fully saturated rings. The Hall–Kier alpha value is -0.780. The summed E-state index contributed by atoms with van der Waals surface area (Å²) in [5, 5.41) is 0. The molecule has 2 rings (SSSR count). The van der Waals surface area contributed by atoms with Crippen molar-refractivity contribution in [1.82, 2.24) is 0 Å². The number of fused-ring (bicyclic) bond motifs is 1. The molecule has 0 N–H and O–H groups in total. The molecule has 0 radical (unpaired) electrons. The Morgan fingerprint density at radius 1 is 1.42 bits per heavy atom. The zero-order chi connectivity index (χ0) is 8.60. The lowest BCUT2D eigenvalue weighted by molar-refractivity contribution is 0.362. The standard InChI is InChI=1S/C12H16/c1-10-6-5-9-12(2)8-4-3-7-11(10)12/h3-4,6-7H,5,8-9H2,1-2H3. The van der Waals surface area contributed by atoms with Crippen LogP contribution in [-0.2, 0) is 0 Å². The molecule has 2 aliphatic rings. The molecule has 0 aromatic carbocycles. The van der Waals surface area contributed by atoms with Crippen LogP contribution in [0.1, 0.15) is 33.1 Å². The lowest BCUT2D eigenvalue weighted by Crippen LogP contribution is -2.23. The second-order valence-electron chi connectivity index (χ2n) is 4.20. The van der Waals surface area contributed by atoms with Gasteiger partial charge in [-0.25, -0.2) is 0 Å². The van der Waals surface area contributed by atoms with E-state index in [-0.39, 0.29) is 0 Å². The van der Waals surface area contributed by atoms with Crippen LogP contribution in [0.15, 0.2) is 35.5 Å². The Labute approximate surface area is 74.7 Å². The maximum absolute atomic E-state index is 2.39. The minimum Gasteiger partial charge on any atom is -0.0837 e. The van der Waals surface area contributed by atoms with Crippen LogP contribution in [0.5, 0.6) is 0 Å². The quantitative estimate of drug-likeness (QED) is 0.507. The molecule has 0 saturated heterocycles. The van der Waals surface area contributed by atoms with Gasteiger partial charge in [-0.3, -0.25) is 0 Å². The fourth-order valence-corrected chi connectivity index (χ4v) is 2.36. The molecule has 0 heteroatoms. The maximum Gasteiger partial charge on any atom is -0.00353 e. The zero-order valence-electron chi connectivity index (χ0n) is 7.93. The summed E-state index contributed by atoms with van der Waals surface area (Å²) in [6, 6.07) is 0. The first-order chi connectivity index (χ1) is 5.72. The van der Waals surface area contributed by atoms with Crippen molar-refractivity contribution in [1.29, 1.82) is 0 Å². The van der Waals surface area contributed by atoms with Gasteiger partial charge in [-0.15, -0.1) is 0 Å².